The summed E-state index contributed by atoms with van der Waals surface area (Å²) in [5.41, 5.74) is 0.228. The molecule has 9 heteroatoms. The zero-order valence-corrected chi connectivity index (χ0v) is 17.1. The van der Waals surface area contributed by atoms with Gasteiger partial charge in [0.1, 0.15) is 0 Å². The second kappa shape index (κ2) is 9.09. The van der Waals surface area contributed by atoms with E-state index in [1.54, 1.807) is 6.92 Å². The summed E-state index contributed by atoms with van der Waals surface area (Å²) in [6, 6.07) is 1.69. The predicted molar refractivity (Wildman–Crippen MR) is 104 cm³/mol. The molecule has 1 aromatic carbocycles. The van der Waals surface area contributed by atoms with Crippen LogP contribution in [-0.2, 0) is 4.79 Å². The second-order valence-electron chi connectivity index (χ2n) is 6.32. The van der Waals surface area contributed by atoms with Crippen molar-refractivity contribution in [3.63, 3.8) is 0 Å². The van der Waals surface area contributed by atoms with Crippen LogP contribution in [0.3, 0.4) is 0 Å². The number of β-amino-alcohol motifs (C(OH)–C–C–N with tert-alkyl or cyclic N) is 1. The van der Waals surface area contributed by atoms with Gasteiger partial charge in [-0.3, -0.25) is 14.6 Å². The van der Waals surface area contributed by atoms with Crippen molar-refractivity contribution in [2.75, 3.05) is 38.0 Å². The first-order chi connectivity index (χ1) is 11.7. The summed E-state index contributed by atoms with van der Waals surface area (Å²) in [7, 11) is 0. The van der Waals surface area contributed by atoms with E-state index in [1.165, 1.54) is 6.07 Å². The molecule has 2 rings (SSSR count). The van der Waals surface area contributed by atoms with Crippen molar-refractivity contribution >= 4 is 58.0 Å². The molecule has 2 unspecified atom stereocenters. The maximum absolute atomic E-state index is 12.4. The van der Waals surface area contributed by atoms with Gasteiger partial charge < -0.3 is 10.4 Å². The molecular formula is C16H21Cl4N3O2. The smallest absolute Gasteiger partial charge is 0.238 e. The molecule has 1 aromatic rings. The number of piperazine rings is 1. The van der Waals surface area contributed by atoms with E-state index in [-0.39, 0.29) is 50.4 Å². The number of anilines is 1. The van der Waals surface area contributed by atoms with Crippen molar-refractivity contribution < 1.29 is 9.90 Å². The molecule has 1 amide bonds. The number of nitrogens with zero attached hydrogens (tertiary/aromatic N) is 2. The molecule has 1 heterocycles. The standard InChI is InChI=1S/C16H21Cl4N3O2/c1-9-6-22(3-4-23(9)7-10(2)24)8-13(25)21-16-14(19)11(17)5-12(18)15(16)20/h5,9-10,24H,3-4,6-8H2,1-2H3,(H,21,25). The van der Waals surface area contributed by atoms with Crippen molar-refractivity contribution in [1.29, 1.82) is 0 Å². The number of carbonyl (C=O) groups is 1. The van der Waals surface area contributed by atoms with Crippen LogP contribution in [0.1, 0.15) is 13.8 Å². The largest absolute Gasteiger partial charge is 0.392 e. The number of nitrogens with one attached hydrogen (secondary N) is 1. The molecule has 0 aromatic heterocycles. The molecule has 1 aliphatic heterocycles. The highest BCUT2D eigenvalue weighted by molar-refractivity contribution is 6.50. The Hall–Kier alpha value is -0.270. The monoisotopic (exact) mass is 427 g/mol. The van der Waals surface area contributed by atoms with Gasteiger partial charge in [-0.1, -0.05) is 46.4 Å². The maximum atomic E-state index is 12.4. The van der Waals surface area contributed by atoms with Gasteiger partial charge in [0.15, 0.2) is 0 Å². The Balaban J connectivity index is 1.96. The van der Waals surface area contributed by atoms with Crippen LogP contribution in [0, 0.1) is 0 Å². The number of rotatable bonds is 5. The van der Waals surface area contributed by atoms with Crippen molar-refractivity contribution in [3.8, 4) is 0 Å². The molecule has 140 valence electrons. The van der Waals surface area contributed by atoms with Crippen LogP contribution in [0.25, 0.3) is 0 Å². The Bertz CT molecular complexity index is 616. The molecule has 0 bridgehead atoms. The van der Waals surface area contributed by atoms with Crippen molar-refractivity contribution in [1.82, 2.24) is 9.80 Å². The third kappa shape index (κ3) is 5.60. The molecule has 1 saturated heterocycles. The Morgan fingerprint density at radius 1 is 1.28 bits per heavy atom. The lowest BCUT2D eigenvalue weighted by Gasteiger charge is -2.40. The van der Waals surface area contributed by atoms with E-state index in [2.05, 4.69) is 17.1 Å². The third-order valence-corrected chi connectivity index (χ3v) is 5.67. The van der Waals surface area contributed by atoms with Crippen LogP contribution < -0.4 is 5.32 Å². The lowest BCUT2D eigenvalue weighted by Crippen LogP contribution is -2.54. The Kier molecular flexibility index (Phi) is 7.65. The molecule has 0 radical (unpaired) electrons. The highest BCUT2D eigenvalue weighted by atomic mass is 35.5. The van der Waals surface area contributed by atoms with Gasteiger partial charge in [0, 0.05) is 32.2 Å². The summed E-state index contributed by atoms with van der Waals surface area (Å²) in [5, 5.41) is 13.0. The zero-order chi connectivity index (χ0) is 18.7. The minimum absolute atomic E-state index is 0.166. The summed E-state index contributed by atoms with van der Waals surface area (Å²) in [5.74, 6) is -0.238. The van der Waals surface area contributed by atoms with E-state index in [4.69, 9.17) is 46.4 Å². The Morgan fingerprint density at radius 3 is 2.40 bits per heavy atom. The highest BCUT2D eigenvalue weighted by Crippen LogP contribution is 2.40. The second-order valence-corrected chi connectivity index (χ2v) is 7.89. The van der Waals surface area contributed by atoms with Crippen LogP contribution in [0.15, 0.2) is 6.07 Å². The number of benzene rings is 1. The van der Waals surface area contributed by atoms with Crippen molar-refractivity contribution in [2.45, 2.75) is 26.0 Å². The molecule has 0 spiro atoms. The molecule has 25 heavy (non-hydrogen) atoms. The fourth-order valence-electron chi connectivity index (χ4n) is 2.89. The van der Waals surface area contributed by atoms with Crippen LogP contribution >= 0.6 is 46.4 Å². The molecular weight excluding hydrogens is 408 g/mol. The average molecular weight is 429 g/mol. The van der Waals surface area contributed by atoms with Gasteiger partial charge in [0.05, 0.1) is 38.4 Å². The van der Waals surface area contributed by atoms with Gasteiger partial charge in [0.25, 0.3) is 0 Å². The molecule has 2 N–H and O–H groups in total. The lowest BCUT2D eigenvalue weighted by molar-refractivity contribution is -0.118. The van der Waals surface area contributed by atoms with Gasteiger partial charge in [-0.25, -0.2) is 0 Å². The first kappa shape index (κ1) is 21.0. The van der Waals surface area contributed by atoms with Crippen LogP contribution in [0.5, 0.6) is 0 Å². The van der Waals surface area contributed by atoms with Gasteiger partial charge in [0.2, 0.25) is 5.91 Å². The number of halogens is 4. The Morgan fingerprint density at radius 2 is 1.88 bits per heavy atom. The van der Waals surface area contributed by atoms with Gasteiger partial charge in [-0.15, -0.1) is 0 Å². The maximum Gasteiger partial charge on any atom is 0.238 e. The van der Waals surface area contributed by atoms with Gasteiger partial charge >= 0.3 is 0 Å². The zero-order valence-electron chi connectivity index (χ0n) is 14.0. The van der Waals surface area contributed by atoms with Gasteiger partial charge in [-0.2, -0.15) is 0 Å². The Labute approximate surface area is 167 Å². The predicted octanol–water partition coefficient (Wildman–Crippen LogP) is 3.63. The fraction of sp³-hybridized carbons (Fsp3) is 0.562. The molecule has 5 nitrogen and oxygen atoms in total. The fourth-order valence-corrected chi connectivity index (χ4v) is 3.79. The number of hydrogen-bond acceptors (Lipinski definition) is 4. The van der Waals surface area contributed by atoms with E-state index in [9.17, 15) is 9.90 Å². The molecule has 2 atom stereocenters. The number of aliphatic hydroxyl groups is 1. The third-order valence-electron chi connectivity index (χ3n) is 4.09. The SMILES string of the molecule is CC(O)CN1CCN(CC(=O)Nc2c(Cl)c(Cl)cc(Cl)c2Cl)CC1C. The summed E-state index contributed by atoms with van der Waals surface area (Å²) < 4.78 is 0. The first-order valence-electron chi connectivity index (χ1n) is 7.96. The number of amides is 1. The minimum atomic E-state index is -0.367. The molecule has 0 saturated carbocycles. The summed E-state index contributed by atoms with van der Waals surface area (Å²) in [6.07, 6.45) is -0.367. The minimum Gasteiger partial charge on any atom is -0.392 e. The van der Waals surface area contributed by atoms with Crippen LogP contribution in [-0.4, -0.2) is 65.7 Å². The van der Waals surface area contributed by atoms with Gasteiger partial charge in [-0.05, 0) is 19.9 Å². The summed E-state index contributed by atoms with van der Waals surface area (Å²) >= 11 is 24.2. The average Bonchev–Trinajstić information content (AvgIpc) is 2.52. The van der Waals surface area contributed by atoms with E-state index < -0.39 is 0 Å². The van der Waals surface area contributed by atoms with E-state index in [1.807, 2.05) is 4.90 Å². The number of hydrogen-bond donors (Lipinski definition) is 2. The number of aliphatic hydroxyl groups excluding tert-OH is 1. The van der Waals surface area contributed by atoms with Crippen LogP contribution in [0.4, 0.5) is 5.69 Å². The summed E-state index contributed by atoms with van der Waals surface area (Å²) in [4.78, 5) is 16.6. The van der Waals surface area contributed by atoms with Crippen LogP contribution in [0.2, 0.25) is 20.1 Å². The van der Waals surface area contributed by atoms with Crippen molar-refractivity contribution in [3.05, 3.63) is 26.2 Å². The van der Waals surface area contributed by atoms with E-state index >= 15 is 0 Å². The highest BCUT2D eigenvalue weighted by Gasteiger charge is 2.26. The van der Waals surface area contributed by atoms with E-state index in [0.29, 0.717) is 6.54 Å². The summed E-state index contributed by atoms with van der Waals surface area (Å²) in [6.45, 7) is 6.97. The topological polar surface area (TPSA) is 55.8 Å². The van der Waals surface area contributed by atoms with Crippen molar-refractivity contribution in [2.24, 2.45) is 0 Å². The molecule has 0 aliphatic carbocycles. The number of carbonyl (C=O) groups excluding carboxylic acids is 1. The normalized spacial score (nSPS) is 20.5. The first-order valence-corrected chi connectivity index (χ1v) is 9.47. The van der Waals surface area contributed by atoms with E-state index in [0.717, 1.165) is 19.6 Å². The molecule has 1 aliphatic rings. The lowest BCUT2D eigenvalue weighted by atomic mass is 10.1. The molecule has 1 fully saturated rings. The quantitative estimate of drug-likeness (QED) is 0.703.